The van der Waals surface area contributed by atoms with E-state index in [1.165, 1.54) is 0 Å². The maximum Gasteiger partial charge on any atom is 0.335 e. The van der Waals surface area contributed by atoms with Crippen LogP contribution in [0, 0.1) is 13.8 Å². The first-order chi connectivity index (χ1) is 54.7. The van der Waals surface area contributed by atoms with Crippen LogP contribution < -0.4 is 5.90 Å². The Labute approximate surface area is 652 Å². The summed E-state index contributed by atoms with van der Waals surface area (Å²) < 4.78 is 0. The summed E-state index contributed by atoms with van der Waals surface area (Å²) in [5.41, 5.74) is 26.8. The number of nitrogens with two attached hydrogens (primary N) is 1. The molecule has 0 radical (unpaired) electrons. The highest BCUT2D eigenvalue weighted by molar-refractivity contribution is 6.34. The summed E-state index contributed by atoms with van der Waals surface area (Å²) in [5.74, 6) is 1.63. The minimum absolute atomic E-state index is 0.271. The number of carbonyl (C=O) groups excluding carboxylic acids is 3. The van der Waals surface area contributed by atoms with Crippen LogP contribution in [-0.2, 0) is 0 Å². The van der Waals surface area contributed by atoms with Gasteiger partial charge in [-0.3, -0.25) is 54.3 Å². The van der Waals surface area contributed by atoms with E-state index < -0.39 is 31.6 Å². The van der Waals surface area contributed by atoms with E-state index in [1.54, 1.807) is 73.8 Å². The molecule has 8 heterocycles. The summed E-state index contributed by atoms with van der Waals surface area (Å²) in [6.07, 6.45) is 16.6. The van der Waals surface area contributed by atoms with Crippen molar-refractivity contribution in [2.75, 3.05) is 19.8 Å². The number of aliphatic hydroxyl groups excluding tert-OH is 3. The normalized spacial score (nSPS) is 13.4. The van der Waals surface area contributed by atoms with Crippen LogP contribution in [0.25, 0.3) is 45.1 Å². The number of pyridine rings is 4. The van der Waals surface area contributed by atoms with Crippen molar-refractivity contribution in [1.29, 1.82) is 0 Å². The molecule has 4 aliphatic rings. The van der Waals surface area contributed by atoms with Gasteiger partial charge in [-0.15, -0.1) is 0 Å². The number of benzene rings is 8. The average Bonchev–Trinajstić information content (AvgIpc) is 1.71. The van der Waals surface area contributed by atoms with E-state index >= 15 is 0 Å². The third-order valence-electron chi connectivity index (χ3n) is 19.0. The topological polar surface area (TPSA) is 296 Å². The van der Waals surface area contributed by atoms with Gasteiger partial charge in [0, 0.05) is 114 Å². The molecular weight excluding hydrogens is 1420 g/mol. The molecule has 0 aliphatic carbocycles. The van der Waals surface area contributed by atoms with Crippen molar-refractivity contribution >= 4 is 103 Å². The van der Waals surface area contributed by atoms with Crippen LogP contribution in [0.2, 0.25) is 5.02 Å². The van der Waals surface area contributed by atoms with E-state index in [2.05, 4.69) is 50.1 Å². The number of aromatic nitrogens is 4. The second-order valence-electron chi connectivity index (χ2n) is 26.0. The van der Waals surface area contributed by atoms with E-state index in [0.29, 0.717) is 53.0 Å². The number of Topliss-reactive ketones (excluding diaryl/α,β-unsaturated/α-hetero) is 3. The van der Waals surface area contributed by atoms with Crippen LogP contribution in [0.3, 0.4) is 0 Å². The molecule has 4 aromatic heterocycles. The molecule has 4 aliphatic heterocycles. The lowest BCUT2D eigenvalue weighted by atomic mass is 9.92. The molecule has 0 amide bonds. The third kappa shape index (κ3) is 18.6. The summed E-state index contributed by atoms with van der Waals surface area (Å²) in [6.45, 7) is 2.13. The number of carboxylic acids is 1. The van der Waals surface area contributed by atoms with Gasteiger partial charge in [-0.05, 0) is 171 Å². The summed E-state index contributed by atoms with van der Waals surface area (Å²) in [5, 5.41) is 44.0. The Morgan fingerprint density at radius 3 is 0.911 bits per heavy atom. The lowest BCUT2D eigenvalue weighted by Crippen LogP contribution is -2.07. The zero-order valence-electron chi connectivity index (χ0n) is 61.1. The molecule has 112 heavy (non-hydrogen) atoms. The predicted octanol–water partition coefficient (Wildman–Crippen LogP) is 17.2. The van der Waals surface area contributed by atoms with Crippen molar-refractivity contribution in [2.24, 2.45) is 25.9 Å². The van der Waals surface area contributed by atoms with Gasteiger partial charge in [0.05, 0.1) is 56.2 Å². The Morgan fingerprint density at radius 1 is 0.312 bits per heavy atom. The molecule has 0 saturated carbocycles. The van der Waals surface area contributed by atoms with Gasteiger partial charge >= 0.3 is 5.97 Å². The third-order valence-corrected chi connectivity index (χ3v) is 19.4. The number of carbonyl (C=O) groups is 4. The number of allylic oxidation sites excluding steroid dienone is 4. The minimum atomic E-state index is -0.914. The molecular formula is C93H76ClN9O9. The van der Waals surface area contributed by atoms with Gasteiger partial charge in [0.15, 0.2) is 17.3 Å². The molecule has 16 rings (SSSR count). The van der Waals surface area contributed by atoms with Gasteiger partial charge in [0.2, 0.25) is 0 Å². The summed E-state index contributed by atoms with van der Waals surface area (Å²) >= 11 is 6.17. The van der Waals surface area contributed by atoms with Crippen molar-refractivity contribution in [2.45, 2.75) is 39.5 Å². The Balaban J connectivity index is 0.000000137. The van der Waals surface area contributed by atoms with Crippen molar-refractivity contribution in [1.82, 2.24) is 19.9 Å². The lowest BCUT2D eigenvalue weighted by molar-refractivity contribution is 0.0695. The van der Waals surface area contributed by atoms with Gasteiger partial charge in [0.25, 0.3) is 0 Å². The molecule has 19 heteroatoms. The first-order valence-electron chi connectivity index (χ1n) is 35.8. The van der Waals surface area contributed by atoms with Crippen LogP contribution in [0.4, 0.5) is 0 Å². The number of hydrogen-bond donors (Lipinski definition) is 6. The predicted molar refractivity (Wildman–Crippen MR) is 442 cm³/mol. The van der Waals surface area contributed by atoms with E-state index in [9.17, 15) is 39.6 Å². The molecule has 12 aromatic rings. The molecule has 8 aromatic carbocycles. The number of ketones is 3. The van der Waals surface area contributed by atoms with Crippen molar-refractivity contribution in [3.8, 4) is 0 Å². The van der Waals surface area contributed by atoms with Crippen LogP contribution in [0.1, 0.15) is 145 Å². The zero-order valence-corrected chi connectivity index (χ0v) is 61.9. The monoisotopic (exact) mass is 1500 g/mol. The fourth-order valence-electron chi connectivity index (χ4n) is 13.3. The van der Waals surface area contributed by atoms with Gasteiger partial charge in [-0.1, -0.05) is 181 Å². The Morgan fingerprint density at radius 2 is 0.589 bits per heavy atom. The number of nitrogens with zero attached hydrogens (tertiary/aromatic N) is 8. The molecule has 0 atom stereocenters. The highest BCUT2D eigenvalue weighted by Gasteiger charge is 2.28. The number of hydrogen-bond acceptors (Lipinski definition) is 17. The van der Waals surface area contributed by atoms with E-state index in [-0.39, 0.29) is 11.6 Å². The maximum atomic E-state index is 12.1. The van der Waals surface area contributed by atoms with Gasteiger partial charge in [0.1, 0.15) is 19.8 Å². The number of aliphatic imine (C=N–C) groups is 4. The van der Waals surface area contributed by atoms with Crippen molar-refractivity contribution in [3.63, 3.8) is 0 Å². The summed E-state index contributed by atoms with van der Waals surface area (Å²) in [7, 11) is 0. The van der Waals surface area contributed by atoms with Crippen molar-refractivity contribution in [3.05, 3.63) is 403 Å². The van der Waals surface area contributed by atoms with Crippen LogP contribution in [0.15, 0.2) is 318 Å². The SMILES string of the molecule is Cc1ccc(C2=C(c3ccncc3)N=C(c3ccccc3)C2)cc1C(=O)CO.Cc1ccc(C2=C(c3ccncc3)N=C(c3ccccc3)C2)cc1C(=O)O.NO.O=C(CO)c1cc(C2=C(c3ccncc3)N=C(c3ccccc3)C2)ccc1Cl.O=C(CO)c1cccc(C2=C(c3ccncc3)N=C(c3ccccc3)C2)c1. The number of aromatic carboxylic acids is 1. The second kappa shape index (κ2) is 37.6. The van der Waals surface area contributed by atoms with Crippen LogP contribution in [0.5, 0.6) is 0 Å². The van der Waals surface area contributed by atoms with E-state index in [0.717, 1.165) is 146 Å². The first kappa shape index (κ1) is 78.2. The van der Waals surface area contributed by atoms with Gasteiger partial charge < -0.3 is 25.6 Å². The minimum Gasteiger partial charge on any atom is -0.478 e. The highest BCUT2D eigenvalue weighted by Crippen LogP contribution is 2.42. The second-order valence-corrected chi connectivity index (χ2v) is 26.4. The number of carboxylic acid groups (broad SMARTS) is 1. The molecule has 0 fully saturated rings. The molecule has 0 saturated heterocycles. The number of rotatable bonds is 19. The Bertz CT molecular complexity index is 5520. The average molecular weight is 1500 g/mol. The van der Waals surface area contributed by atoms with Crippen LogP contribution >= 0.6 is 11.6 Å². The van der Waals surface area contributed by atoms with E-state index in [1.807, 2.05) is 214 Å². The van der Waals surface area contributed by atoms with Crippen LogP contribution in [-0.4, -0.2) is 112 Å². The smallest absolute Gasteiger partial charge is 0.335 e. The molecule has 7 N–H and O–H groups in total. The highest BCUT2D eigenvalue weighted by atomic mass is 35.5. The van der Waals surface area contributed by atoms with E-state index in [4.69, 9.17) is 36.8 Å². The fraction of sp³-hybridized carbons (Fsp3) is 0.0968. The van der Waals surface area contributed by atoms with Crippen molar-refractivity contribution < 1.29 is 44.8 Å². The quantitative estimate of drug-likeness (QED) is 0.0324. The Kier molecular flexibility index (Phi) is 26.2. The number of halogens is 1. The maximum absolute atomic E-state index is 12.1. The fourth-order valence-corrected chi connectivity index (χ4v) is 13.6. The summed E-state index contributed by atoms with van der Waals surface area (Å²) in [4.78, 5) is 83.7. The zero-order chi connectivity index (χ0) is 78.5. The molecule has 0 unspecified atom stereocenters. The molecule has 0 bridgehead atoms. The van der Waals surface area contributed by atoms with Gasteiger partial charge in [-0.2, -0.15) is 0 Å². The lowest BCUT2D eigenvalue weighted by Gasteiger charge is -2.10. The van der Waals surface area contributed by atoms with Gasteiger partial charge in [-0.25, -0.2) is 10.7 Å². The first-order valence-corrected chi connectivity index (χ1v) is 36.2. The molecule has 18 nitrogen and oxygen atoms in total. The molecule has 0 spiro atoms. The summed E-state index contributed by atoms with van der Waals surface area (Å²) in [6, 6.07) is 79.9. The number of aliphatic hydroxyl groups is 3. The standard InChI is InChI=1S/C24H20N2O2.C23H17ClN2O2.2C23H18N2O2.H3NO/c1-16-7-8-19(13-20(16)23(28)15-27)21-14-22(17-5-3-2-4-6-17)26-24(21)18-9-11-25-12-10-18;24-20-7-6-17(12-19(20)22(28)14-27)18-13-21(15-4-2-1-3-5-15)26-23(18)16-8-10-25-11-9-16;1-15-7-8-18(13-19(15)23(26)27)20-14-21(16-5-3-2-4-6-16)25-22(20)17-9-11-24-12-10-17;26-15-22(27)19-8-4-7-18(13-19)20-14-21(16-5-2-1-3-6-16)25-23(20)17-9-11-24-12-10-17;1-2/h2-13,27H,14-15H2,1H3;1-12,27H,13-14H2;2-13H,14H2,1H3,(H,26,27);1-13,26H,14-15H2;2H,1H2. The Hall–Kier alpha value is -13.4. The largest absolute Gasteiger partial charge is 0.478 e. The number of aryl methyl sites for hydroxylation is 2. The molecule has 554 valence electrons.